The first kappa shape index (κ1) is 15.4. The molecule has 0 aliphatic carbocycles. The summed E-state index contributed by atoms with van der Waals surface area (Å²) in [6, 6.07) is 6.19. The molecule has 0 fully saturated rings. The Morgan fingerprint density at radius 1 is 1.47 bits per heavy atom. The van der Waals surface area contributed by atoms with Crippen molar-refractivity contribution in [3.63, 3.8) is 0 Å². The van der Waals surface area contributed by atoms with Crippen LogP contribution >= 0.6 is 0 Å². The molecule has 0 spiro atoms. The van der Waals surface area contributed by atoms with Crippen LogP contribution in [0.4, 0.5) is 5.69 Å². The summed E-state index contributed by atoms with van der Waals surface area (Å²) in [7, 11) is 1.69. The minimum absolute atomic E-state index is 0.524. The summed E-state index contributed by atoms with van der Waals surface area (Å²) in [5.41, 5.74) is 2.09. The Bertz CT molecular complexity index is 403. The Morgan fingerprint density at radius 3 is 3.00 bits per heavy atom. The Labute approximate surface area is 115 Å². The third-order valence-corrected chi connectivity index (χ3v) is 2.73. The van der Waals surface area contributed by atoms with E-state index >= 15 is 0 Å². The van der Waals surface area contributed by atoms with Gasteiger partial charge in [0, 0.05) is 51.6 Å². The van der Waals surface area contributed by atoms with Gasteiger partial charge in [-0.3, -0.25) is 9.88 Å². The minimum Gasteiger partial charge on any atom is -0.385 e. The second-order valence-electron chi connectivity index (χ2n) is 4.24. The highest BCUT2D eigenvalue weighted by atomic mass is 16.5. The molecule has 5 nitrogen and oxygen atoms in total. The number of nitriles is 1. The molecule has 1 N–H and O–H groups in total. The molecule has 19 heavy (non-hydrogen) atoms. The van der Waals surface area contributed by atoms with Crippen molar-refractivity contribution < 1.29 is 4.74 Å². The molecule has 1 heterocycles. The van der Waals surface area contributed by atoms with Gasteiger partial charge in [0.1, 0.15) is 0 Å². The van der Waals surface area contributed by atoms with Crippen molar-refractivity contribution in [2.75, 3.05) is 38.7 Å². The van der Waals surface area contributed by atoms with E-state index in [4.69, 9.17) is 10.00 Å². The van der Waals surface area contributed by atoms with E-state index in [1.807, 2.05) is 12.3 Å². The van der Waals surface area contributed by atoms with E-state index < -0.39 is 0 Å². The molecular weight excluding hydrogens is 240 g/mol. The monoisotopic (exact) mass is 262 g/mol. The third-order valence-electron chi connectivity index (χ3n) is 2.73. The number of methoxy groups -OCH3 is 1. The van der Waals surface area contributed by atoms with E-state index in [1.165, 1.54) is 0 Å². The Hall–Kier alpha value is -1.64. The fourth-order valence-corrected chi connectivity index (χ4v) is 1.81. The van der Waals surface area contributed by atoms with E-state index in [1.54, 1.807) is 7.11 Å². The molecule has 104 valence electrons. The zero-order valence-corrected chi connectivity index (χ0v) is 11.7. The average molecular weight is 262 g/mol. The molecular formula is C14H22N4O. The second-order valence-corrected chi connectivity index (χ2v) is 4.24. The van der Waals surface area contributed by atoms with Gasteiger partial charge in [0.25, 0.3) is 0 Å². The first-order valence-corrected chi connectivity index (χ1v) is 6.57. The van der Waals surface area contributed by atoms with Crippen LogP contribution in [-0.4, -0.2) is 43.2 Å². The van der Waals surface area contributed by atoms with Crippen molar-refractivity contribution in [3.05, 3.63) is 24.0 Å². The Balaban J connectivity index is 2.60. The molecule has 0 radical (unpaired) electrons. The molecule has 1 rings (SSSR count). The van der Waals surface area contributed by atoms with Gasteiger partial charge in [-0.25, -0.2) is 0 Å². The number of aromatic nitrogens is 1. The number of nitrogens with one attached hydrogen (secondary N) is 1. The normalized spacial score (nSPS) is 10.4. The van der Waals surface area contributed by atoms with Crippen molar-refractivity contribution in [2.45, 2.75) is 19.9 Å². The van der Waals surface area contributed by atoms with Crippen molar-refractivity contribution in [3.8, 4) is 6.07 Å². The van der Waals surface area contributed by atoms with Crippen LogP contribution in [0.5, 0.6) is 0 Å². The van der Waals surface area contributed by atoms with E-state index in [-0.39, 0.29) is 0 Å². The van der Waals surface area contributed by atoms with E-state index in [9.17, 15) is 0 Å². The first-order valence-electron chi connectivity index (χ1n) is 6.57. The number of anilines is 1. The summed E-state index contributed by atoms with van der Waals surface area (Å²) in [6.07, 6.45) is 2.34. The van der Waals surface area contributed by atoms with E-state index in [2.05, 4.69) is 34.3 Å². The molecule has 0 amide bonds. The molecule has 0 saturated carbocycles. The van der Waals surface area contributed by atoms with Crippen LogP contribution in [-0.2, 0) is 11.3 Å². The van der Waals surface area contributed by atoms with Crippen LogP contribution in [0.1, 0.15) is 19.0 Å². The lowest BCUT2D eigenvalue weighted by molar-refractivity contribution is 0.144. The van der Waals surface area contributed by atoms with Crippen molar-refractivity contribution in [1.29, 1.82) is 5.26 Å². The molecule has 5 heteroatoms. The van der Waals surface area contributed by atoms with Gasteiger partial charge in [0.2, 0.25) is 0 Å². The summed E-state index contributed by atoms with van der Waals surface area (Å²) in [5.74, 6) is 0. The number of ether oxygens (including phenoxy) is 1. The van der Waals surface area contributed by atoms with Gasteiger partial charge in [0.15, 0.2) is 0 Å². The fraction of sp³-hybridized carbons (Fsp3) is 0.571. The number of hydrogen-bond donors (Lipinski definition) is 1. The molecule has 0 aliphatic rings. The van der Waals surface area contributed by atoms with Crippen LogP contribution in [0, 0.1) is 11.3 Å². The summed E-state index contributed by atoms with van der Waals surface area (Å²) in [6.45, 7) is 5.92. The van der Waals surface area contributed by atoms with E-state index in [0.717, 1.165) is 37.6 Å². The lowest BCUT2D eigenvalue weighted by atomic mass is 10.2. The first-order chi connectivity index (χ1) is 9.30. The maximum absolute atomic E-state index is 8.69. The largest absolute Gasteiger partial charge is 0.385 e. The predicted molar refractivity (Wildman–Crippen MR) is 75.8 cm³/mol. The standard InChI is InChI=1S/C14H22N4O/c1-3-16-13-5-7-17-14(11-13)12-18(8-4-6-15)9-10-19-2/h5,7,11H,3-4,8-10,12H2,1-2H3,(H,16,17). The number of pyridine rings is 1. The molecule has 0 unspecified atom stereocenters. The van der Waals surface area contributed by atoms with Crippen LogP contribution in [0.3, 0.4) is 0 Å². The minimum atomic E-state index is 0.524. The zero-order chi connectivity index (χ0) is 13.9. The predicted octanol–water partition coefficient (Wildman–Crippen LogP) is 1.88. The topological polar surface area (TPSA) is 61.2 Å². The highest BCUT2D eigenvalue weighted by molar-refractivity contribution is 5.42. The Morgan fingerprint density at radius 2 is 2.32 bits per heavy atom. The Kier molecular flexibility index (Phi) is 7.56. The maximum Gasteiger partial charge on any atom is 0.0635 e. The average Bonchev–Trinajstić information content (AvgIpc) is 2.42. The van der Waals surface area contributed by atoms with Gasteiger partial charge in [-0.1, -0.05) is 0 Å². The lowest BCUT2D eigenvalue weighted by Crippen LogP contribution is -2.28. The molecule has 1 aromatic rings. The molecule has 0 atom stereocenters. The van der Waals surface area contributed by atoms with Gasteiger partial charge in [-0.2, -0.15) is 5.26 Å². The zero-order valence-electron chi connectivity index (χ0n) is 11.7. The molecule has 0 aliphatic heterocycles. The van der Waals surface area contributed by atoms with E-state index in [0.29, 0.717) is 13.0 Å². The smallest absolute Gasteiger partial charge is 0.0635 e. The number of rotatable bonds is 9. The van der Waals surface area contributed by atoms with Crippen LogP contribution in [0.2, 0.25) is 0 Å². The van der Waals surface area contributed by atoms with Crippen molar-refractivity contribution >= 4 is 5.69 Å². The van der Waals surface area contributed by atoms with Crippen molar-refractivity contribution in [1.82, 2.24) is 9.88 Å². The summed E-state index contributed by atoms with van der Waals surface area (Å²) in [5, 5.41) is 12.0. The van der Waals surface area contributed by atoms with Gasteiger partial charge >= 0.3 is 0 Å². The van der Waals surface area contributed by atoms with Crippen LogP contribution in [0.25, 0.3) is 0 Å². The highest BCUT2D eigenvalue weighted by Crippen LogP contribution is 2.10. The second kappa shape index (κ2) is 9.31. The third kappa shape index (κ3) is 6.18. The number of hydrogen-bond acceptors (Lipinski definition) is 5. The van der Waals surface area contributed by atoms with Gasteiger partial charge in [0.05, 0.1) is 18.4 Å². The summed E-state index contributed by atoms with van der Waals surface area (Å²) < 4.78 is 5.09. The fourth-order valence-electron chi connectivity index (χ4n) is 1.81. The SMILES string of the molecule is CCNc1ccnc(CN(CCC#N)CCOC)c1. The van der Waals surface area contributed by atoms with Gasteiger partial charge in [-0.15, -0.1) is 0 Å². The van der Waals surface area contributed by atoms with Crippen LogP contribution in [0.15, 0.2) is 18.3 Å². The summed E-state index contributed by atoms with van der Waals surface area (Å²) >= 11 is 0. The molecule has 0 bridgehead atoms. The van der Waals surface area contributed by atoms with Gasteiger partial charge in [-0.05, 0) is 19.1 Å². The quantitative estimate of drug-likeness (QED) is 0.736. The lowest BCUT2D eigenvalue weighted by Gasteiger charge is -2.20. The summed E-state index contributed by atoms with van der Waals surface area (Å²) in [4.78, 5) is 6.56. The van der Waals surface area contributed by atoms with Crippen LogP contribution < -0.4 is 5.32 Å². The molecule has 1 aromatic heterocycles. The highest BCUT2D eigenvalue weighted by Gasteiger charge is 2.07. The molecule has 0 aromatic carbocycles. The van der Waals surface area contributed by atoms with Gasteiger partial charge < -0.3 is 10.1 Å². The number of nitrogens with zero attached hydrogens (tertiary/aromatic N) is 3. The molecule has 0 saturated heterocycles. The maximum atomic E-state index is 8.69. The van der Waals surface area contributed by atoms with Crippen molar-refractivity contribution in [2.24, 2.45) is 0 Å².